The van der Waals surface area contributed by atoms with Crippen molar-refractivity contribution in [1.29, 1.82) is 0 Å². The molecule has 1 aromatic carbocycles. The first kappa shape index (κ1) is 15.9. The number of hydrogen-bond donors (Lipinski definition) is 0. The van der Waals surface area contributed by atoms with Crippen LogP contribution in [0, 0.1) is 6.92 Å². The Morgan fingerprint density at radius 2 is 2.09 bits per heavy atom. The Morgan fingerprint density at radius 1 is 1.32 bits per heavy atom. The Bertz CT molecular complexity index is 558. The Hall–Kier alpha value is -0.955. The van der Waals surface area contributed by atoms with Crippen molar-refractivity contribution in [2.75, 3.05) is 13.7 Å². The molecule has 0 saturated carbocycles. The van der Waals surface area contributed by atoms with Gasteiger partial charge in [-0.05, 0) is 62.2 Å². The molecule has 0 N–H and O–H groups in total. The van der Waals surface area contributed by atoms with Crippen molar-refractivity contribution >= 4 is 6.71 Å². The SMILES string of the molecule is COc1ccc(C)c(C23CCCOC2(C)C(C)B(C)CC3)c1. The van der Waals surface area contributed by atoms with E-state index in [-0.39, 0.29) is 11.0 Å². The molecule has 3 heteroatoms. The zero-order chi connectivity index (χ0) is 16.0. The maximum atomic E-state index is 6.50. The molecule has 3 atom stereocenters. The van der Waals surface area contributed by atoms with Crippen LogP contribution in [0.1, 0.15) is 44.2 Å². The number of hydrogen-bond acceptors (Lipinski definition) is 2. The molecule has 1 aromatic rings. The normalized spacial score (nSPS) is 35.1. The molecule has 0 amide bonds. The lowest BCUT2D eigenvalue weighted by molar-refractivity contribution is -0.133. The number of fused-ring (bicyclic) bond motifs is 1. The van der Waals surface area contributed by atoms with E-state index in [4.69, 9.17) is 9.47 Å². The van der Waals surface area contributed by atoms with Gasteiger partial charge < -0.3 is 9.47 Å². The summed E-state index contributed by atoms with van der Waals surface area (Å²) in [5.74, 6) is 1.54. The van der Waals surface area contributed by atoms with E-state index >= 15 is 0 Å². The Labute approximate surface area is 135 Å². The van der Waals surface area contributed by atoms with Crippen molar-refractivity contribution in [3.8, 4) is 5.75 Å². The molecule has 2 saturated heterocycles. The average molecular weight is 300 g/mol. The quantitative estimate of drug-likeness (QED) is 0.735. The largest absolute Gasteiger partial charge is 0.497 e. The molecule has 2 aliphatic heterocycles. The maximum absolute atomic E-state index is 6.50. The first-order valence-corrected chi connectivity index (χ1v) is 8.74. The molecule has 0 bridgehead atoms. The Balaban J connectivity index is 2.16. The van der Waals surface area contributed by atoms with Gasteiger partial charge in [0.2, 0.25) is 0 Å². The van der Waals surface area contributed by atoms with Crippen LogP contribution in [0.2, 0.25) is 19.0 Å². The van der Waals surface area contributed by atoms with Crippen molar-refractivity contribution in [3.63, 3.8) is 0 Å². The number of ether oxygens (including phenoxy) is 2. The summed E-state index contributed by atoms with van der Waals surface area (Å²) in [6.45, 7) is 11.0. The molecule has 22 heavy (non-hydrogen) atoms. The topological polar surface area (TPSA) is 18.5 Å². The third-order valence-corrected chi connectivity index (χ3v) is 6.81. The average Bonchev–Trinajstić information content (AvgIpc) is 2.53. The zero-order valence-electron chi connectivity index (χ0n) is 14.7. The van der Waals surface area contributed by atoms with Gasteiger partial charge in [0.05, 0.1) is 12.7 Å². The highest BCUT2D eigenvalue weighted by atomic mass is 16.5. The highest BCUT2D eigenvalue weighted by Gasteiger charge is 2.58. The summed E-state index contributed by atoms with van der Waals surface area (Å²) < 4.78 is 12.0. The standard InChI is InChI=1S/C19H29BO2/c1-14-7-8-16(21-5)13-17(14)19-9-6-12-22-18(19,3)15(2)20(4)11-10-19/h7-8,13,15H,6,9-12H2,1-5H3. The zero-order valence-corrected chi connectivity index (χ0v) is 14.7. The molecule has 3 unspecified atom stereocenters. The highest BCUT2D eigenvalue weighted by molar-refractivity contribution is 6.59. The molecule has 0 aromatic heterocycles. The van der Waals surface area contributed by atoms with E-state index in [1.165, 1.54) is 30.3 Å². The van der Waals surface area contributed by atoms with Crippen molar-refractivity contribution < 1.29 is 9.47 Å². The Morgan fingerprint density at radius 3 is 2.82 bits per heavy atom. The maximum Gasteiger partial charge on any atom is 0.143 e. The van der Waals surface area contributed by atoms with Gasteiger partial charge in [0.25, 0.3) is 0 Å². The fraction of sp³-hybridized carbons (Fsp3) is 0.684. The van der Waals surface area contributed by atoms with Crippen LogP contribution in [-0.2, 0) is 10.2 Å². The fourth-order valence-corrected chi connectivity index (χ4v) is 5.03. The molecule has 0 aliphatic carbocycles. The minimum Gasteiger partial charge on any atom is -0.497 e. The van der Waals surface area contributed by atoms with Gasteiger partial charge in [-0.1, -0.05) is 26.1 Å². The summed E-state index contributed by atoms with van der Waals surface area (Å²) in [6.07, 6.45) is 4.90. The smallest absolute Gasteiger partial charge is 0.143 e. The van der Waals surface area contributed by atoms with E-state index in [2.05, 4.69) is 45.8 Å². The van der Waals surface area contributed by atoms with Crippen molar-refractivity contribution in [2.45, 2.75) is 70.0 Å². The third kappa shape index (κ3) is 2.12. The van der Waals surface area contributed by atoms with E-state index in [1.807, 2.05) is 0 Å². The van der Waals surface area contributed by atoms with Crippen LogP contribution in [0.3, 0.4) is 0 Å². The molecule has 3 rings (SSSR count). The van der Waals surface area contributed by atoms with Crippen LogP contribution in [0.25, 0.3) is 0 Å². The monoisotopic (exact) mass is 300 g/mol. The summed E-state index contributed by atoms with van der Waals surface area (Å²) in [5, 5.41) is 0. The van der Waals surface area contributed by atoms with Crippen molar-refractivity contribution in [3.05, 3.63) is 29.3 Å². The number of rotatable bonds is 2. The predicted molar refractivity (Wildman–Crippen MR) is 93.5 cm³/mol. The summed E-state index contributed by atoms with van der Waals surface area (Å²) in [4.78, 5) is 0. The number of methoxy groups -OCH3 is 1. The minimum absolute atomic E-state index is 0.0694. The molecule has 0 spiro atoms. The molecule has 2 fully saturated rings. The summed E-state index contributed by atoms with van der Waals surface area (Å²) in [7, 11) is 1.76. The second-order valence-electron chi connectivity index (χ2n) is 7.63. The Kier molecular flexibility index (Phi) is 4.05. The van der Waals surface area contributed by atoms with E-state index in [1.54, 1.807) is 7.11 Å². The van der Waals surface area contributed by atoms with Crippen molar-refractivity contribution in [1.82, 2.24) is 0 Å². The van der Waals surface area contributed by atoms with E-state index in [0.29, 0.717) is 5.82 Å². The lowest BCUT2D eigenvalue weighted by Gasteiger charge is -2.59. The van der Waals surface area contributed by atoms with Gasteiger partial charge in [-0.25, -0.2) is 0 Å². The minimum atomic E-state index is -0.0694. The molecular formula is C19H29BO2. The second kappa shape index (κ2) is 5.60. The van der Waals surface area contributed by atoms with Crippen LogP contribution < -0.4 is 4.74 Å². The van der Waals surface area contributed by atoms with E-state index in [9.17, 15) is 0 Å². The molecule has 0 radical (unpaired) electrons. The van der Waals surface area contributed by atoms with E-state index in [0.717, 1.165) is 25.5 Å². The number of benzene rings is 1. The third-order valence-electron chi connectivity index (χ3n) is 6.81. The fourth-order valence-electron chi connectivity index (χ4n) is 5.03. The molecule has 2 nitrogen and oxygen atoms in total. The lowest BCUT2D eigenvalue weighted by atomic mass is 9.29. The van der Waals surface area contributed by atoms with Gasteiger partial charge in [-0.2, -0.15) is 0 Å². The van der Waals surface area contributed by atoms with Crippen molar-refractivity contribution in [2.24, 2.45) is 0 Å². The molecule has 2 aliphatic rings. The van der Waals surface area contributed by atoms with Crippen LogP contribution in [-0.4, -0.2) is 26.0 Å². The van der Waals surface area contributed by atoms with Gasteiger partial charge in [0, 0.05) is 12.0 Å². The van der Waals surface area contributed by atoms with E-state index < -0.39 is 0 Å². The molecular weight excluding hydrogens is 271 g/mol. The van der Waals surface area contributed by atoms with Gasteiger partial charge in [-0.15, -0.1) is 0 Å². The lowest BCUT2D eigenvalue weighted by Crippen LogP contribution is -2.61. The van der Waals surface area contributed by atoms with Gasteiger partial charge in [-0.3, -0.25) is 0 Å². The van der Waals surface area contributed by atoms with Crippen LogP contribution in [0.5, 0.6) is 5.75 Å². The molecule has 120 valence electrons. The summed E-state index contributed by atoms with van der Waals surface area (Å²) >= 11 is 0. The molecule has 2 heterocycles. The first-order chi connectivity index (χ1) is 10.4. The van der Waals surface area contributed by atoms with Crippen LogP contribution in [0.4, 0.5) is 0 Å². The highest BCUT2D eigenvalue weighted by Crippen LogP contribution is 2.58. The first-order valence-electron chi connectivity index (χ1n) is 8.74. The number of aryl methyl sites for hydroxylation is 1. The van der Waals surface area contributed by atoms with Gasteiger partial charge >= 0.3 is 0 Å². The van der Waals surface area contributed by atoms with Gasteiger partial charge in [0.15, 0.2) is 0 Å². The van der Waals surface area contributed by atoms with Crippen LogP contribution in [0.15, 0.2) is 18.2 Å². The summed E-state index contributed by atoms with van der Waals surface area (Å²) in [5.41, 5.74) is 2.89. The summed E-state index contributed by atoms with van der Waals surface area (Å²) in [6, 6.07) is 6.55. The predicted octanol–water partition coefficient (Wildman–Crippen LogP) is 4.73. The second-order valence-corrected chi connectivity index (χ2v) is 7.63. The van der Waals surface area contributed by atoms with Gasteiger partial charge in [0.1, 0.15) is 12.5 Å². The van der Waals surface area contributed by atoms with Crippen LogP contribution >= 0.6 is 0 Å².